The predicted molar refractivity (Wildman–Crippen MR) is 85.3 cm³/mol. The molecule has 2 aromatic rings. The van der Waals surface area contributed by atoms with Gasteiger partial charge in [-0.2, -0.15) is 0 Å². The van der Waals surface area contributed by atoms with Gasteiger partial charge in [-0.1, -0.05) is 48.1 Å². The highest BCUT2D eigenvalue weighted by atomic mass is 35.5. The molecule has 1 N–H and O–H groups in total. The fraction of sp³-hybridized carbons (Fsp3) is 0.429. The highest BCUT2D eigenvalue weighted by Crippen LogP contribution is 2.20. The molecule has 0 fully saturated rings. The Hall–Kier alpha value is -1.17. The second kappa shape index (κ2) is 7.57. The van der Waals surface area contributed by atoms with Gasteiger partial charge in [0, 0.05) is 18.1 Å². The number of hydrogen-bond donors (Lipinski definition) is 1. The third-order valence-electron chi connectivity index (χ3n) is 2.80. The molecule has 1 heterocycles. The van der Waals surface area contributed by atoms with E-state index in [4.69, 9.17) is 11.6 Å². The summed E-state index contributed by atoms with van der Waals surface area (Å²) < 4.78 is 0. The lowest BCUT2D eigenvalue weighted by Gasteiger charge is -2.15. The van der Waals surface area contributed by atoms with Crippen LogP contribution in [0.15, 0.2) is 24.3 Å². The molecule has 0 radical (unpaired) electrons. The van der Waals surface area contributed by atoms with Gasteiger partial charge < -0.3 is 5.32 Å². The Kier molecular flexibility index (Phi) is 5.76. The number of benzene rings is 1. The van der Waals surface area contributed by atoms with Crippen LogP contribution in [-0.4, -0.2) is 28.7 Å². The summed E-state index contributed by atoms with van der Waals surface area (Å²) in [4.78, 5) is 2.19. The first-order chi connectivity index (χ1) is 9.69. The summed E-state index contributed by atoms with van der Waals surface area (Å²) >= 11 is 7.78. The Balaban J connectivity index is 1.89. The van der Waals surface area contributed by atoms with E-state index in [-0.39, 0.29) is 0 Å². The minimum atomic E-state index is 0.774. The normalized spacial score (nSPS) is 11.0. The van der Waals surface area contributed by atoms with Crippen molar-refractivity contribution >= 4 is 28.1 Å². The first-order valence-corrected chi connectivity index (χ1v) is 7.86. The number of nitrogens with one attached hydrogen (secondary N) is 1. The molecule has 1 aromatic carbocycles. The largest absolute Gasteiger partial charge is 0.360 e. The first kappa shape index (κ1) is 15.2. The standard InChI is InChI=1S/C14H19ClN4S/c1-3-8-16-14-18-17-13(20-14)10-19(2)9-11-6-4-5-7-12(11)15/h4-7H,3,8-10H2,1-2H3,(H,16,18). The van der Waals surface area contributed by atoms with Crippen LogP contribution in [-0.2, 0) is 13.1 Å². The quantitative estimate of drug-likeness (QED) is 0.847. The second-order valence-electron chi connectivity index (χ2n) is 4.69. The molecule has 20 heavy (non-hydrogen) atoms. The highest BCUT2D eigenvalue weighted by Gasteiger charge is 2.08. The van der Waals surface area contributed by atoms with Gasteiger partial charge in [0.2, 0.25) is 5.13 Å². The van der Waals surface area contributed by atoms with Crippen molar-refractivity contribution in [1.82, 2.24) is 15.1 Å². The lowest BCUT2D eigenvalue weighted by atomic mass is 10.2. The second-order valence-corrected chi connectivity index (χ2v) is 6.16. The summed E-state index contributed by atoms with van der Waals surface area (Å²) in [5.41, 5.74) is 1.13. The summed E-state index contributed by atoms with van der Waals surface area (Å²) in [7, 11) is 2.06. The molecule has 4 nitrogen and oxygen atoms in total. The molecular weight excluding hydrogens is 292 g/mol. The van der Waals surface area contributed by atoms with Crippen molar-refractivity contribution in [2.24, 2.45) is 0 Å². The molecule has 0 aliphatic rings. The molecule has 0 unspecified atom stereocenters. The van der Waals surface area contributed by atoms with Gasteiger partial charge in [-0.25, -0.2) is 0 Å². The summed E-state index contributed by atoms with van der Waals surface area (Å²) in [5.74, 6) is 0. The molecule has 6 heteroatoms. The van der Waals surface area contributed by atoms with Gasteiger partial charge in [0.15, 0.2) is 0 Å². The molecule has 108 valence electrons. The minimum absolute atomic E-state index is 0.774. The SMILES string of the molecule is CCCNc1nnc(CN(C)Cc2ccccc2Cl)s1. The van der Waals surface area contributed by atoms with Crippen molar-refractivity contribution in [2.45, 2.75) is 26.4 Å². The molecule has 0 spiro atoms. The predicted octanol–water partition coefficient (Wildman–Crippen LogP) is 3.65. The van der Waals surface area contributed by atoms with Gasteiger partial charge in [0.25, 0.3) is 0 Å². The van der Waals surface area contributed by atoms with Crippen LogP contribution in [0, 0.1) is 0 Å². The third kappa shape index (κ3) is 4.44. The van der Waals surface area contributed by atoms with Crippen molar-refractivity contribution < 1.29 is 0 Å². The van der Waals surface area contributed by atoms with Crippen molar-refractivity contribution in [1.29, 1.82) is 0 Å². The summed E-state index contributed by atoms with van der Waals surface area (Å²) in [6.45, 7) is 4.64. The van der Waals surface area contributed by atoms with E-state index in [1.54, 1.807) is 11.3 Å². The highest BCUT2D eigenvalue weighted by molar-refractivity contribution is 7.15. The van der Waals surface area contributed by atoms with Gasteiger partial charge in [-0.3, -0.25) is 4.90 Å². The average molecular weight is 311 g/mol. The molecule has 0 aliphatic heterocycles. The fourth-order valence-corrected chi connectivity index (χ4v) is 2.87. The van der Waals surface area contributed by atoms with Gasteiger partial charge in [-0.05, 0) is 25.1 Å². The van der Waals surface area contributed by atoms with E-state index >= 15 is 0 Å². The maximum Gasteiger partial charge on any atom is 0.205 e. The maximum absolute atomic E-state index is 6.17. The van der Waals surface area contributed by atoms with Crippen molar-refractivity contribution in [3.8, 4) is 0 Å². The zero-order chi connectivity index (χ0) is 14.4. The molecule has 0 saturated heterocycles. The Labute approximate surface area is 128 Å². The van der Waals surface area contributed by atoms with E-state index in [0.29, 0.717) is 0 Å². The van der Waals surface area contributed by atoms with Crippen molar-refractivity contribution in [3.63, 3.8) is 0 Å². The van der Waals surface area contributed by atoms with E-state index in [1.165, 1.54) is 0 Å². The van der Waals surface area contributed by atoms with E-state index in [2.05, 4.69) is 34.4 Å². The van der Waals surface area contributed by atoms with E-state index in [9.17, 15) is 0 Å². The van der Waals surface area contributed by atoms with Crippen LogP contribution in [0.1, 0.15) is 23.9 Å². The molecule has 0 aliphatic carbocycles. The van der Waals surface area contributed by atoms with Gasteiger partial charge in [0.05, 0.1) is 6.54 Å². The van der Waals surface area contributed by atoms with Crippen LogP contribution in [0.25, 0.3) is 0 Å². The Morgan fingerprint density at radius 2 is 2.05 bits per heavy atom. The van der Waals surface area contributed by atoms with Crippen LogP contribution in [0.4, 0.5) is 5.13 Å². The Morgan fingerprint density at radius 1 is 1.25 bits per heavy atom. The third-order valence-corrected chi connectivity index (χ3v) is 4.03. The Bertz CT molecular complexity index is 543. The zero-order valence-corrected chi connectivity index (χ0v) is 13.3. The number of nitrogens with zero attached hydrogens (tertiary/aromatic N) is 3. The van der Waals surface area contributed by atoms with Crippen molar-refractivity contribution in [2.75, 3.05) is 18.9 Å². The van der Waals surface area contributed by atoms with Gasteiger partial charge in [0.1, 0.15) is 5.01 Å². The number of hydrogen-bond acceptors (Lipinski definition) is 5. The lowest BCUT2D eigenvalue weighted by Crippen LogP contribution is -2.17. The molecule has 0 amide bonds. The molecule has 0 saturated carbocycles. The van der Waals surface area contributed by atoms with Crippen molar-refractivity contribution in [3.05, 3.63) is 39.9 Å². The fourth-order valence-electron chi connectivity index (χ4n) is 1.83. The first-order valence-electron chi connectivity index (χ1n) is 6.67. The van der Waals surface area contributed by atoms with E-state index < -0.39 is 0 Å². The molecule has 2 rings (SSSR count). The number of aromatic nitrogens is 2. The number of rotatable bonds is 7. The van der Waals surface area contributed by atoms with Gasteiger partial charge in [-0.15, -0.1) is 10.2 Å². The number of anilines is 1. The van der Waals surface area contributed by atoms with Crippen LogP contribution in [0.3, 0.4) is 0 Å². The summed E-state index contributed by atoms with van der Waals surface area (Å²) in [6.07, 6.45) is 1.08. The molecule has 0 bridgehead atoms. The number of halogens is 1. The van der Waals surface area contributed by atoms with Crippen LogP contribution in [0.2, 0.25) is 5.02 Å². The smallest absolute Gasteiger partial charge is 0.205 e. The molecular formula is C14H19ClN4S. The van der Waals surface area contributed by atoms with Gasteiger partial charge >= 0.3 is 0 Å². The van der Waals surface area contributed by atoms with E-state index in [0.717, 1.165) is 46.8 Å². The molecule has 0 atom stereocenters. The Morgan fingerprint density at radius 3 is 2.80 bits per heavy atom. The van der Waals surface area contributed by atoms with Crippen LogP contribution in [0.5, 0.6) is 0 Å². The maximum atomic E-state index is 6.17. The summed E-state index contributed by atoms with van der Waals surface area (Å²) in [5, 5.41) is 14.3. The average Bonchev–Trinajstić information content (AvgIpc) is 2.86. The van der Waals surface area contributed by atoms with E-state index in [1.807, 2.05) is 24.3 Å². The summed E-state index contributed by atoms with van der Waals surface area (Å²) in [6, 6.07) is 7.92. The molecule has 1 aromatic heterocycles. The monoisotopic (exact) mass is 310 g/mol. The van der Waals surface area contributed by atoms with Crippen LogP contribution >= 0.6 is 22.9 Å². The van der Waals surface area contributed by atoms with Crippen LogP contribution < -0.4 is 5.32 Å². The minimum Gasteiger partial charge on any atom is -0.360 e. The topological polar surface area (TPSA) is 41.1 Å². The zero-order valence-electron chi connectivity index (χ0n) is 11.8. The lowest BCUT2D eigenvalue weighted by molar-refractivity contribution is 0.318.